The van der Waals surface area contributed by atoms with E-state index in [1.807, 2.05) is 24.3 Å². The molecule has 3 aromatic heterocycles. The third-order valence-corrected chi connectivity index (χ3v) is 7.24. The zero-order valence-corrected chi connectivity index (χ0v) is 20.3. The highest BCUT2D eigenvalue weighted by Gasteiger charge is 2.41. The van der Waals surface area contributed by atoms with Gasteiger partial charge < -0.3 is 26.2 Å². The topological polar surface area (TPSA) is 150 Å². The fraction of sp³-hybridized carbons (Fsp3) is 0.280. The first kappa shape index (κ1) is 23.4. The van der Waals surface area contributed by atoms with Crippen molar-refractivity contribution in [3.05, 3.63) is 76.4 Å². The van der Waals surface area contributed by atoms with Gasteiger partial charge in [-0.1, -0.05) is 12.1 Å². The number of nitrogens with two attached hydrogens (primary N) is 1. The molecule has 0 saturated heterocycles. The Bertz CT molecular complexity index is 1360. The number of benzene rings is 1. The van der Waals surface area contributed by atoms with Crippen LogP contribution in [0.3, 0.4) is 0 Å². The van der Waals surface area contributed by atoms with E-state index in [2.05, 4.69) is 41.2 Å². The molecule has 4 aromatic rings. The Morgan fingerprint density at radius 3 is 2.89 bits per heavy atom. The molecule has 0 amide bonds. The monoisotopic (exact) mass is 536 g/mol. The van der Waals surface area contributed by atoms with Gasteiger partial charge in [0, 0.05) is 29.5 Å². The number of hydrogen-bond donors (Lipinski definition) is 5. The van der Waals surface area contributed by atoms with Crippen LogP contribution >= 0.6 is 15.9 Å². The van der Waals surface area contributed by atoms with Crippen LogP contribution in [0.1, 0.15) is 34.3 Å². The average molecular weight is 537 g/mol. The molecule has 3 heterocycles. The number of rotatable bonds is 7. The third-order valence-electron chi connectivity index (χ3n) is 6.61. The van der Waals surface area contributed by atoms with Gasteiger partial charge in [0.15, 0.2) is 5.78 Å². The van der Waals surface area contributed by atoms with Crippen LogP contribution in [0, 0.1) is 5.92 Å². The molecule has 5 rings (SSSR count). The van der Waals surface area contributed by atoms with Crippen molar-refractivity contribution in [1.82, 2.24) is 19.9 Å². The lowest BCUT2D eigenvalue weighted by Gasteiger charge is -2.19. The molecule has 0 unspecified atom stereocenters. The minimum atomic E-state index is -0.986. The molecule has 1 aliphatic carbocycles. The van der Waals surface area contributed by atoms with Crippen molar-refractivity contribution in [1.29, 1.82) is 0 Å². The Kier molecular flexibility index (Phi) is 6.50. The number of halogens is 1. The van der Waals surface area contributed by atoms with Gasteiger partial charge in [-0.3, -0.25) is 4.79 Å². The van der Waals surface area contributed by atoms with Crippen molar-refractivity contribution in [3.63, 3.8) is 0 Å². The van der Waals surface area contributed by atoms with Crippen LogP contribution in [-0.4, -0.2) is 54.2 Å². The quantitative estimate of drug-likeness (QED) is 0.226. The first-order valence-electron chi connectivity index (χ1n) is 11.4. The lowest BCUT2D eigenvalue weighted by atomic mass is 9.95. The molecule has 0 bridgehead atoms. The summed E-state index contributed by atoms with van der Waals surface area (Å²) in [5, 5.41) is 25.6. The summed E-state index contributed by atoms with van der Waals surface area (Å²) in [6.45, 7) is 0. The van der Waals surface area contributed by atoms with Crippen LogP contribution in [0.25, 0.3) is 10.9 Å². The number of nitrogen functional groups attached to an aromatic ring is 1. The number of H-pyrrole nitrogens is 1. The molecule has 1 fully saturated rings. The zero-order chi connectivity index (χ0) is 24.5. The fourth-order valence-corrected chi connectivity index (χ4v) is 5.01. The molecule has 1 aromatic carbocycles. The maximum Gasteiger partial charge on any atom is 0.199 e. The molecule has 0 aliphatic heterocycles. The zero-order valence-electron chi connectivity index (χ0n) is 18.7. The molecule has 1 saturated carbocycles. The van der Waals surface area contributed by atoms with Gasteiger partial charge in [0.1, 0.15) is 24.1 Å². The van der Waals surface area contributed by atoms with E-state index in [0.717, 1.165) is 27.4 Å². The summed E-state index contributed by atoms with van der Waals surface area (Å²) in [5.74, 6) is 0.438. The Labute approximate surface area is 210 Å². The highest BCUT2D eigenvalue weighted by Crippen LogP contribution is 2.33. The van der Waals surface area contributed by atoms with Gasteiger partial charge >= 0.3 is 0 Å². The number of aliphatic hydroxyl groups is 2. The maximum atomic E-state index is 12.8. The van der Waals surface area contributed by atoms with E-state index in [4.69, 9.17) is 5.73 Å². The molecular formula is C25H25BrN6O3. The second-order valence-corrected chi connectivity index (χ2v) is 9.72. The van der Waals surface area contributed by atoms with Gasteiger partial charge in [0.05, 0.1) is 27.7 Å². The number of nitrogens with one attached hydrogen (secondary N) is 2. The molecular weight excluding hydrogens is 512 g/mol. The van der Waals surface area contributed by atoms with Crippen molar-refractivity contribution in [2.75, 3.05) is 11.1 Å². The number of carbonyl (C=O) groups excluding carboxylic acids is 1. The highest BCUT2D eigenvalue weighted by atomic mass is 79.9. The summed E-state index contributed by atoms with van der Waals surface area (Å²) in [6, 6.07) is 9.23. The van der Waals surface area contributed by atoms with Gasteiger partial charge in [-0.05, 0) is 64.9 Å². The number of aromatic amines is 1. The number of anilines is 2. The number of aromatic nitrogens is 4. The van der Waals surface area contributed by atoms with Crippen LogP contribution in [0.5, 0.6) is 0 Å². The predicted molar refractivity (Wildman–Crippen MR) is 136 cm³/mol. The lowest BCUT2D eigenvalue weighted by molar-refractivity contribution is 0.0158. The summed E-state index contributed by atoms with van der Waals surface area (Å²) in [7, 11) is 0. The van der Waals surface area contributed by atoms with Crippen LogP contribution in [0.4, 0.5) is 11.6 Å². The van der Waals surface area contributed by atoms with Crippen LogP contribution in [0.2, 0.25) is 0 Å². The van der Waals surface area contributed by atoms with Crippen molar-refractivity contribution in [3.8, 4) is 0 Å². The number of carbonyl (C=O) groups is 1. The smallest absolute Gasteiger partial charge is 0.199 e. The van der Waals surface area contributed by atoms with Crippen molar-refractivity contribution in [2.24, 2.45) is 5.92 Å². The van der Waals surface area contributed by atoms with Crippen LogP contribution in [0.15, 0.2) is 59.7 Å². The molecule has 6 N–H and O–H groups in total. The number of aryl methyl sites for hydroxylation is 1. The summed E-state index contributed by atoms with van der Waals surface area (Å²) < 4.78 is 0.765. The summed E-state index contributed by atoms with van der Waals surface area (Å²) in [6.07, 6.45) is 6.17. The fourth-order valence-electron chi connectivity index (χ4n) is 4.67. The summed E-state index contributed by atoms with van der Waals surface area (Å²) in [4.78, 5) is 28.3. The minimum absolute atomic E-state index is 0.119. The Morgan fingerprint density at radius 1 is 1.23 bits per heavy atom. The average Bonchev–Trinajstić information content (AvgIpc) is 3.48. The SMILES string of the molecule is Nc1nc2cc(CC[C@H]3C[C@@H](Nc4ncncc4C(=O)c4cc[nH]c4)[C@H](O)[C@@H]3O)ccc2cc1Br. The number of hydrogen-bond acceptors (Lipinski definition) is 8. The summed E-state index contributed by atoms with van der Waals surface area (Å²) >= 11 is 3.40. The molecule has 10 heteroatoms. The van der Waals surface area contributed by atoms with Crippen LogP contribution < -0.4 is 11.1 Å². The highest BCUT2D eigenvalue weighted by molar-refractivity contribution is 9.10. The van der Waals surface area contributed by atoms with E-state index >= 15 is 0 Å². The minimum Gasteiger partial charge on any atom is -0.390 e. The number of ketones is 1. The van der Waals surface area contributed by atoms with Gasteiger partial charge in [-0.25, -0.2) is 15.0 Å². The van der Waals surface area contributed by atoms with Gasteiger partial charge in [-0.2, -0.15) is 0 Å². The normalized spacial score (nSPS) is 21.9. The molecule has 9 nitrogen and oxygen atoms in total. The Morgan fingerprint density at radius 2 is 2.09 bits per heavy atom. The first-order valence-corrected chi connectivity index (χ1v) is 12.1. The molecule has 180 valence electrons. The molecule has 4 atom stereocenters. The van der Waals surface area contributed by atoms with E-state index in [9.17, 15) is 15.0 Å². The summed E-state index contributed by atoms with van der Waals surface area (Å²) in [5.41, 5.74) is 8.63. The molecule has 0 spiro atoms. The number of fused-ring (bicyclic) bond motifs is 1. The third kappa shape index (κ3) is 4.77. The van der Waals surface area contributed by atoms with E-state index in [-0.39, 0.29) is 11.7 Å². The first-order chi connectivity index (χ1) is 16.9. The van der Waals surface area contributed by atoms with E-state index in [1.165, 1.54) is 12.5 Å². The largest absolute Gasteiger partial charge is 0.390 e. The second kappa shape index (κ2) is 9.73. The van der Waals surface area contributed by atoms with Gasteiger partial charge in [-0.15, -0.1) is 0 Å². The van der Waals surface area contributed by atoms with Crippen LogP contribution in [-0.2, 0) is 6.42 Å². The van der Waals surface area contributed by atoms with Crippen molar-refractivity contribution < 1.29 is 15.0 Å². The number of aliphatic hydroxyl groups excluding tert-OH is 2. The van der Waals surface area contributed by atoms with E-state index in [0.29, 0.717) is 35.6 Å². The van der Waals surface area contributed by atoms with E-state index < -0.39 is 18.2 Å². The standard InChI is InChI=1S/C25H25BrN6O3/c26-18-8-14-3-1-13(7-19(14)31-24(18)27)2-4-15-9-20(23(35)22(15)34)32-25-17(11-29-12-30-25)21(33)16-5-6-28-10-16/h1,3,5-8,10-12,15,20,22-23,28,34-35H,2,4,9H2,(H2,27,31)(H,29,30,32)/t15-,20+,22+,23-/m0/s1. The number of nitrogens with zero attached hydrogens (tertiary/aromatic N) is 3. The Balaban J connectivity index is 1.27. The van der Waals surface area contributed by atoms with Gasteiger partial charge in [0.2, 0.25) is 0 Å². The molecule has 1 aliphatic rings. The van der Waals surface area contributed by atoms with Crippen molar-refractivity contribution in [2.45, 2.75) is 37.5 Å². The Hall–Kier alpha value is -3.34. The molecule has 35 heavy (non-hydrogen) atoms. The second-order valence-electron chi connectivity index (χ2n) is 8.86. The number of pyridine rings is 1. The maximum absolute atomic E-state index is 12.8. The lowest BCUT2D eigenvalue weighted by Crippen LogP contribution is -2.35. The van der Waals surface area contributed by atoms with Crippen molar-refractivity contribution >= 4 is 44.3 Å². The predicted octanol–water partition coefficient (Wildman–Crippen LogP) is 3.08. The molecule has 0 radical (unpaired) electrons. The van der Waals surface area contributed by atoms with Gasteiger partial charge in [0.25, 0.3) is 0 Å². The van der Waals surface area contributed by atoms with E-state index in [1.54, 1.807) is 18.5 Å².